The number of amides is 3. The molecule has 1 unspecified atom stereocenters. The fourth-order valence-electron chi connectivity index (χ4n) is 2.38. The van der Waals surface area contributed by atoms with Gasteiger partial charge in [-0.3, -0.25) is 15.2 Å². The van der Waals surface area contributed by atoms with E-state index in [1.54, 1.807) is 6.92 Å². The van der Waals surface area contributed by atoms with E-state index in [1.165, 1.54) is 11.8 Å². The zero-order chi connectivity index (χ0) is 18.0. The number of carbonyl (C=O) groups is 2. The number of aryl methyl sites for hydroxylation is 2. The van der Waals surface area contributed by atoms with E-state index in [2.05, 4.69) is 25.8 Å². The summed E-state index contributed by atoms with van der Waals surface area (Å²) in [6.07, 6.45) is 2.27. The summed E-state index contributed by atoms with van der Waals surface area (Å²) in [7, 11) is 0. The Morgan fingerprint density at radius 1 is 1.32 bits per heavy atom. The molecule has 0 saturated heterocycles. The van der Waals surface area contributed by atoms with Gasteiger partial charge in [-0.2, -0.15) is 0 Å². The van der Waals surface area contributed by atoms with Crippen LogP contribution in [0.25, 0.3) is 0 Å². The van der Waals surface area contributed by atoms with Crippen molar-refractivity contribution >= 4 is 29.4 Å². The predicted molar refractivity (Wildman–Crippen MR) is 96.8 cm³/mol. The molecule has 2 aromatic rings. The van der Waals surface area contributed by atoms with E-state index in [9.17, 15) is 9.59 Å². The molecule has 1 aliphatic carbocycles. The van der Waals surface area contributed by atoms with Gasteiger partial charge in [0.1, 0.15) is 5.82 Å². The Labute approximate surface area is 150 Å². The Morgan fingerprint density at radius 2 is 2.08 bits per heavy atom. The molecule has 0 aliphatic heterocycles. The number of H-pyrrole nitrogens is 1. The number of aromatic amines is 1. The Kier molecular flexibility index (Phi) is 5.08. The second-order valence-electron chi connectivity index (χ2n) is 6.30. The van der Waals surface area contributed by atoms with Gasteiger partial charge in [-0.15, -0.1) is 5.10 Å². The van der Waals surface area contributed by atoms with E-state index < -0.39 is 11.3 Å². The summed E-state index contributed by atoms with van der Waals surface area (Å²) in [5, 5.41) is 12.1. The molecule has 0 bridgehead atoms. The average molecular weight is 359 g/mol. The van der Waals surface area contributed by atoms with E-state index in [0.29, 0.717) is 16.8 Å². The molecule has 1 heterocycles. The molecule has 132 valence electrons. The Hall–Kier alpha value is -2.35. The molecule has 8 heteroatoms. The van der Waals surface area contributed by atoms with E-state index in [0.717, 1.165) is 29.8 Å². The summed E-state index contributed by atoms with van der Waals surface area (Å²) in [5.74, 6) is 0.974. The molecule has 0 radical (unpaired) electrons. The minimum absolute atomic E-state index is 0.384. The number of nitrogens with one attached hydrogen (secondary N) is 3. The molecule has 3 N–H and O–H groups in total. The van der Waals surface area contributed by atoms with Crippen LogP contribution in [0.15, 0.2) is 23.4 Å². The molecule has 25 heavy (non-hydrogen) atoms. The summed E-state index contributed by atoms with van der Waals surface area (Å²) in [6.45, 7) is 5.61. The fourth-order valence-corrected chi connectivity index (χ4v) is 3.11. The molecule has 1 fully saturated rings. The Morgan fingerprint density at radius 3 is 2.76 bits per heavy atom. The average Bonchev–Trinajstić information content (AvgIpc) is 3.30. The lowest BCUT2D eigenvalue weighted by molar-refractivity contribution is -0.119. The normalized spacial score (nSPS) is 14.8. The number of hydrogen-bond donors (Lipinski definition) is 3. The third kappa shape index (κ3) is 4.60. The smallest absolute Gasteiger partial charge is 0.307 e. The lowest BCUT2D eigenvalue weighted by Crippen LogP contribution is -2.39. The third-order valence-corrected chi connectivity index (χ3v) is 4.93. The van der Waals surface area contributed by atoms with Crippen LogP contribution < -0.4 is 10.6 Å². The molecular weight excluding hydrogens is 338 g/mol. The largest absolute Gasteiger partial charge is 0.325 e. The van der Waals surface area contributed by atoms with Crippen LogP contribution in [0.5, 0.6) is 0 Å². The molecule has 3 amide bonds. The van der Waals surface area contributed by atoms with Gasteiger partial charge >= 0.3 is 6.03 Å². The molecule has 1 atom stereocenters. The van der Waals surface area contributed by atoms with Crippen LogP contribution in [0, 0.1) is 13.8 Å². The van der Waals surface area contributed by atoms with Gasteiger partial charge in [0.15, 0.2) is 0 Å². The number of aromatic nitrogens is 3. The summed E-state index contributed by atoms with van der Waals surface area (Å²) in [4.78, 5) is 28.6. The van der Waals surface area contributed by atoms with Gasteiger partial charge in [-0.05, 0) is 45.2 Å². The zero-order valence-electron chi connectivity index (χ0n) is 14.4. The number of nitrogens with zero attached hydrogens (tertiary/aromatic N) is 2. The number of thioether (sulfide) groups is 1. The van der Waals surface area contributed by atoms with Gasteiger partial charge in [0.2, 0.25) is 11.1 Å². The summed E-state index contributed by atoms with van der Waals surface area (Å²) in [6, 6.07) is 5.15. The maximum Gasteiger partial charge on any atom is 0.325 e. The number of carbonyl (C=O) groups excluding carboxylic acids is 2. The molecule has 7 nitrogen and oxygen atoms in total. The summed E-state index contributed by atoms with van der Waals surface area (Å²) < 4.78 is 0. The summed E-state index contributed by atoms with van der Waals surface area (Å²) >= 11 is 1.23. The number of anilines is 1. The number of imide groups is 1. The number of urea groups is 1. The van der Waals surface area contributed by atoms with Gasteiger partial charge in [0.05, 0.1) is 5.25 Å². The maximum atomic E-state index is 12.2. The molecule has 3 rings (SSSR count). The Balaban J connectivity index is 1.52. The lowest BCUT2D eigenvalue weighted by Gasteiger charge is -2.12. The highest BCUT2D eigenvalue weighted by Gasteiger charge is 2.28. The predicted octanol–water partition coefficient (Wildman–Crippen LogP) is 3.13. The third-order valence-electron chi connectivity index (χ3n) is 3.96. The van der Waals surface area contributed by atoms with Gasteiger partial charge in [-0.25, -0.2) is 9.78 Å². The van der Waals surface area contributed by atoms with Crippen molar-refractivity contribution in [1.29, 1.82) is 0 Å². The maximum absolute atomic E-state index is 12.2. The van der Waals surface area contributed by atoms with Crippen molar-refractivity contribution in [2.75, 3.05) is 5.32 Å². The topological polar surface area (TPSA) is 99.8 Å². The molecule has 0 spiro atoms. The standard InChI is InChI=1S/C17H21N5O2S/c1-9-4-7-13(10(2)8-9)18-16(24)20-15(23)11(3)25-17-19-14(21-22-17)12-5-6-12/h4,7-8,11-12H,5-6H2,1-3H3,(H,19,21,22)(H2,18,20,23,24). The highest BCUT2D eigenvalue weighted by Crippen LogP contribution is 2.38. The van der Waals surface area contributed by atoms with Crippen molar-refractivity contribution in [3.05, 3.63) is 35.2 Å². The monoisotopic (exact) mass is 359 g/mol. The van der Waals surface area contributed by atoms with Crippen LogP contribution in [0.2, 0.25) is 0 Å². The van der Waals surface area contributed by atoms with Crippen LogP contribution in [0.4, 0.5) is 10.5 Å². The first kappa shape index (κ1) is 17.5. The summed E-state index contributed by atoms with van der Waals surface area (Å²) in [5.41, 5.74) is 2.74. The van der Waals surface area contributed by atoms with E-state index in [-0.39, 0.29) is 5.91 Å². The molecule has 1 aromatic carbocycles. The second kappa shape index (κ2) is 7.26. The van der Waals surface area contributed by atoms with Crippen LogP contribution in [0.1, 0.15) is 42.6 Å². The minimum atomic E-state index is -0.543. The minimum Gasteiger partial charge on any atom is -0.307 e. The van der Waals surface area contributed by atoms with Crippen molar-refractivity contribution < 1.29 is 9.59 Å². The first-order valence-corrected chi connectivity index (χ1v) is 9.08. The van der Waals surface area contributed by atoms with Crippen molar-refractivity contribution in [3.63, 3.8) is 0 Å². The number of rotatable bonds is 5. The molecule has 1 aliphatic rings. The van der Waals surface area contributed by atoms with Crippen molar-refractivity contribution in [2.24, 2.45) is 0 Å². The quantitative estimate of drug-likeness (QED) is 0.712. The van der Waals surface area contributed by atoms with Gasteiger partial charge in [0, 0.05) is 11.6 Å². The highest BCUT2D eigenvalue weighted by molar-refractivity contribution is 8.00. The lowest BCUT2D eigenvalue weighted by atomic mass is 10.1. The zero-order valence-corrected chi connectivity index (χ0v) is 15.2. The number of benzene rings is 1. The Bertz CT molecular complexity index is 800. The molecular formula is C17H21N5O2S. The van der Waals surface area contributed by atoms with Crippen LogP contribution in [-0.2, 0) is 4.79 Å². The van der Waals surface area contributed by atoms with Crippen molar-refractivity contribution in [1.82, 2.24) is 20.5 Å². The highest BCUT2D eigenvalue weighted by atomic mass is 32.2. The van der Waals surface area contributed by atoms with Crippen LogP contribution in [-0.4, -0.2) is 32.4 Å². The fraction of sp³-hybridized carbons (Fsp3) is 0.412. The molecule has 1 saturated carbocycles. The first-order chi connectivity index (χ1) is 11.9. The molecule has 1 aromatic heterocycles. The van der Waals surface area contributed by atoms with Crippen molar-refractivity contribution in [3.8, 4) is 0 Å². The van der Waals surface area contributed by atoms with Crippen molar-refractivity contribution in [2.45, 2.75) is 49.9 Å². The van der Waals surface area contributed by atoms with Gasteiger partial charge < -0.3 is 5.32 Å². The van der Waals surface area contributed by atoms with E-state index in [4.69, 9.17) is 0 Å². The van der Waals surface area contributed by atoms with E-state index >= 15 is 0 Å². The van der Waals surface area contributed by atoms with Crippen LogP contribution in [0.3, 0.4) is 0 Å². The second-order valence-corrected chi connectivity index (χ2v) is 7.61. The van der Waals surface area contributed by atoms with E-state index in [1.807, 2.05) is 32.0 Å². The van der Waals surface area contributed by atoms with Gasteiger partial charge in [0.25, 0.3) is 0 Å². The number of hydrogen-bond acceptors (Lipinski definition) is 5. The first-order valence-electron chi connectivity index (χ1n) is 8.20. The van der Waals surface area contributed by atoms with Gasteiger partial charge in [-0.1, -0.05) is 29.5 Å². The SMILES string of the molecule is Cc1ccc(NC(=O)NC(=O)C(C)Sc2n[nH]c(C3CC3)n2)c(C)c1. The van der Waals surface area contributed by atoms with Crippen LogP contribution >= 0.6 is 11.8 Å².